The fourth-order valence-corrected chi connectivity index (χ4v) is 2.55. The molecule has 0 atom stereocenters. The predicted octanol–water partition coefficient (Wildman–Crippen LogP) is 2.72. The predicted molar refractivity (Wildman–Crippen MR) is 89.7 cm³/mol. The summed E-state index contributed by atoms with van der Waals surface area (Å²) in [5.41, 5.74) is 0.913. The van der Waals surface area contributed by atoms with E-state index in [2.05, 4.69) is 16.3 Å². The minimum absolute atomic E-state index is 0.0187. The summed E-state index contributed by atoms with van der Waals surface area (Å²) in [6.45, 7) is 11.7. The van der Waals surface area contributed by atoms with Crippen LogP contribution in [0.2, 0.25) is 0 Å². The number of benzene rings is 1. The van der Waals surface area contributed by atoms with E-state index in [4.69, 9.17) is 4.74 Å². The van der Waals surface area contributed by atoms with Gasteiger partial charge in [0.2, 0.25) is 0 Å². The van der Waals surface area contributed by atoms with E-state index in [-0.39, 0.29) is 11.6 Å². The Morgan fingerprint density at radius 1 is 1.18 bits per heavy atom. The van der Waals surface area contributed by atoms with Gasteiger partial charge in [0.1, 0.15) is 5.75 Å². The Morgan fingerprint density at radius 2 is 1.82 bits per heavy atom. The molecule has 1 fully saturated rings. The van der Waals surface area contributed by atoms with E-state index in [1.807, 2.05) is 50.8 Å². The zero-order valence-electron chi connectivity index (χ0n) is 14.1. The second kappa shape index (κ2) is 6.90. The number of nitrogens with zero attached hydrogens (tertiary/aromatic N) is 2. The van der Waals surface area contributed by atoms with Gasteiger partial charge in [0, 0.05) is 31.7 Å². The average molecular weight is 305 g/mol. The normalized spacial score (nSPS) is 15.6. The molecule has 0 spiro atoms. The van der Waals surface area contributed by atoms with Gasteiger partial charge in [-0.15, -0.1) is 0 Å². The van der Waals surface area contributed by atoms with Gasteiger partial charge in [0.05, 0.1) is 12.3 Å². The summed E-state index contributed by atoms with van der Waals surface area (Å²) in [7, 11) is 0. The van der Waals surface area contributed by atoms with Crippen LogP contribution in [0.5, 0.6) is 5.75 Å². The molecule has 5 heteroatoms. The minimum Gasteiger partial charge on any atom is -0.492 e. The Kier molecular flexibility index (Phi) is 5.16. The van der Waals surface area contributed by atoms with Gasteiger partial charge in [-0.25, -0.2) is 4.79 Å². The van der Waals surface area contributed by atoms with E-state index >= 15 is 0 Å². The first kappa shape index (κ1) is 16.5. The van der Waals surface area contributed by atoms with Crippen molar-refractivity contribution in [2.75, 3.05) is 37.7 Å². The lowest BCUT2D eigenvalue weighted by Gasteiger charge is -2.37. The summed E-state index contributed by atoms with van der Waals surface area (Å²) in [5.74, 6) is 0.914. The number of hydrogen-bond donors (Lipinski definition) is 1. The van der Waals surface area contributed by atoms with Crippen LogP contribution in [0.25, 0.3) is 0 Å². The van der Waals surface area contributed by atoms with Gasteiger partial charge in [0.15, 0.2) is 0 Å². The molecule has 0 aliphatic carbocycles. The summed E-state index contributed by atoms with van der Waals surface area (Å²) in [6, 6.07) is 8.11. The Bertz CT molecular complexity index is 503. The molecule has 0 bridgehead atoms. The van der Waals surface area contributed by atoms with E-state index in [1.54, 1.807) is 0 Å². The van der Waals surface area contributed by atoms with E-state index in [0.717, 1.165) is 37.6 Å². The molecule has 122 valence electrons. The molecular formula is C17H27N3O2. The van der Waals surface area contributed by atoms with Crippen molar-refractivity contribution in [1.29, 1.82) is 0 Å². The highest BCUT2D eigenvalue weighted by Gasteiger charge is 2.25. The minimum atomic E-state index is -0.199. The number of carbonyl (C=O) groups excluding carboxylic acids is 1. The number of carbonyl (C=O) groups is 1. The van der Waals surface area contributed by atoms with Gasteiger partial charge < -0.3 is 19.9 Å². The Morgan fingerprint density at radius 3 is 2.41 bits per heavy atom. The lowest BCUT2D eigenvalue weighted by molar-refractivity contribution is 0.185. The van der Waals surface area contributed by atoms with Crippen molar-refractivity contribution in [3.8, 4) is 5.75 Å². The van der Waals surface area contributed by atoms with Gasteiger partial charge in [-0.3, -0.25) is 0 Å². The van der Waals surface area contributed by atoms with Gasteiger partial charge in [-0.2, -0.15) is 0 Å². The first-order valence-electron chi connectivity index (χ1n) is 7.94. The van der Waals surface area contributed by atoms with E-state index in [0.29, 0.717) is 6.61 Å². The van der Waals surface area contributed by atoms with Gasteiger partial charge >= 0.3 is 6.03 Å². The van der Waals surface area contributed by atoms with Crippen molar-refractivity contribution in [1.82, 2.24) is 10.2 Å². The van der Waals surface area contributed by atoms with Gasteiger partial charge in [0.25, 0.3) is 0 Å². The maximum absolute atomic E-state index is 12.2. The smallest absolute Gasteiger partial charge is 0.317 e. The molecule has 1 aromatic rings. The van der Waals surface area contributed by atoms with Crippen molar-refractivity contribution in [2.24, 2.45) is 0 Å². The molecule has 1 N–H and O–H groups in total. The summed E-state index contributed by atoms with van der Waals surface area (Å²) >= 11 is 0. The number of ether oxygens (including phenoxy) is 1. The second-order valence-corrected chi connectivity index (χ2v) is 6.55. The molecule has 0 radical (unpaired) electrons. The maximum atomic E-state index is 12.2. The SMILES string of the molecule is CCOc1ccccc1N1CCN(C(=O)NC(C)(C)C)CC1. The fraction of sp³-hybridized carbons (Fsp3) is 0.588. The highest BCUT2D eigenvalue weighted by Crippen LogP contribution is 2.28. The van der Waals surface area contributed by atoms with Crippen LogP contribution in [0.3, 0.4) is 0 Å². The third-order valence-corrected chi connectivity index (χ3v) is 3.55. The highest BCUT2D eigenvalue weighted by molar-refractivity contribution is 5.75. The van der Waals surface area contributed by atoms with Crippen LogP contribution in [0, 0.1) is 0 Å². The third-order valence-electron chi connectivity index (χ3n) is 3.55. The standard InChI is InChI=1S/C17H27N3O2/c1-5-22-15-9-7-6-8-14(15)19-10-12-20(13-11-19)16(21)18-17(2,3)4/h6-9H,5,10-13H2,1-4H3,(H,18,21). The van der Waals surface area contributed by atoms with Crippen molar-refractivity contribution in [3.05, 3.63) is 24.3 Å². The number of amides is 2. The van der Waals surface area contributed by atoms with Crippen LogP contribution in [0.1, 0.15) is 27.7 Å². The molecule has 1 aromatic carbocycles. The van der Waals surface area contributed by atoms with E-state index < -0.39 is 0 Å². The Balaban J connectivity index is 1.96. The van der Waals surface area contributed by atoms with Crippen LogP contribution in [0.4, 0.5) is 10.5 Å². The molecule has 1 saturated heterocycles. The Labute approximate surface area is 133 Å². The summed E-state index contributed by atoms with van der Waals surface area (Å²) < 4.78 is 5.70. The van der Waals surface area contributed by atoms with Gasteiger partial charge in [-0.1, -0.05) is 12.1 Å². The quantitative estimate of drug-likeness (QED) is 0.934. The van der Waals surface area contributed by atoms with Crippen LogP contribution < -0.4 is 15.0 Å². The molecule has 1 aliphatic heterocycles. The van der Waals surface area contributed by atoms with Crippen LogP contribution in [0.15, 0.2) is 24.3 Å². The first-order chi connectivity index (χ1) is 10.4. The first-order valence-corrected chi connectivity index (χ1v) is 7.94. The Hall–Kier alpha value is -1.91. The van der Waals surface area contributed by atoms with Crippen LogP contribution in [-0.2, 0) is 0 Å². The third kappa shape index (κ3) is 4.29. The number of hydrogen-bond acceptors (Lipinski definition) is 3. The molecule has 2 rings (SSSR count). The lowest BCUT2D eigenvalue weighted by Crippen LogP contribution is -2.55. The fourth-order valence-electron chi connectivity index (χ4n) is 2.55. The summed E-state index contributed by atoms with van der Waals surface area (Å²) in [4.78, 5) is 16.4. The van der Waals surface area contributed by atoms with Crippen molar-refractivity contribution >= 4 is 11.7 Å². The van der Waals surface area contributed by atoms with Crippen LogP contribution >= 0.6 is 0 Å². The number of rotatable bonds is 3. The molecule has 0 aromatic heterocycles. The topological polar surface area (TPSA) is 44.8 Å². The molecule has 22 heavy (non-hydrogen) atoms. The number of nitrogens with one attached hydrogen (secondary N) is 1. The number of anilines is 1. The summed E-state index contributed by atoms with van der Waals surface area (Å²) in [5, 5.41) is 3.02. The lowest BCUT2D eigenvalue weighted by atomic mass is 10.1. The maximum Gasteiger partial charge on any atom is 0.317 e. The molecule has 1 aliphatic rings. The van der Waals surface area contributed by atoms with Crippen molar-refractivity contribution in [3.63, 3.8) is 0 Å². The molecule has 2 amide bonds. The van der Waals surface area contributed by atoms with Gasteiger partial charge in [-0.05, 0) is 39.8 Å². The molecule has 0 unspecified atom stereocenters. The largest absolute Gasteiger partial charge is 0.492 e. The molecule has 5 nitrogen and oxygen atoms in total. The molecule has 1 heterocycles. The number of urea groups is 1. The van der Waals surface area contributed by atoms with E-state index in [1.165, 1.54) is 0 Å². The summed E-state index contributed by atoms with van der Waals surface area (Å²) in [6.07, 6.45) is 0. The van der Waals surface area contributed by atoms with Crippen molar-refractivity contribution in [2.45, 2.75) is 33.2 Å². The van der Waals surface area contributed by atoms with E-state index in [9.17, 15) is 4.79 Å². The zero-order chi connectivity index (χ0) is 16.2. The second-order valence-electron chi connectivity index (χ2n) is 6.55. The highest BCUT2D eigenvalue weighted by atomic mass is 16.5. The van der Waals surface area contributed by atoms with Crippen molar-refractivity contribution < 1.29 is 9.53 Å². The monoisotopic (exact) mass is 305 g/mol. The number of piperazine rings is 1. The molecule has 0 saturated carbocycles. The zero-order valence-corrected chi connectivity index (χ0v) is 14.1. The van der Waals surface area contributed by atoms with Crippen LogP contribution in [-0.4, -0.2) is 49.3 Å². The average Bonchev–Trinajstić information content (AvgIpc) is 2.47. The number of para-hydroxylation sites is 2. The molecular weight excluding hydrogens is 278 g/mol.